The summed E-state index contributed by atoms with van der Waals surface area (Å²) in [5.41, 5.74) is 1.16. The van der Waals surface area contributed by atoms with Crippen molar-refractivity contribution in [2.75, 3.05) is 0 Å². The lowest BCUT2D eigenvalue weighted by molar-refractivity contribution is 0.0940. The Morgan fingerprint density at radius 3 is 2.65 bits per heavy atom. The number of hydrogen-bond acceptors (Lipinski definition) is 2. The number of nitrogens with zero attached hydrogens (tertiary/aromatic N) is 2. The van der Waals surface area contributed by atoms with Gasteiger partial charge in [0.15, 0.2) is 0 Å². The number of carbonyl (C=O) groups is 1. The van der Waals surface area contributed by atoms with Gasteiger partial charge in [-0.25, -0.2) is 8.78 Å². The highest BCUT2D eigenvalue weighted by molar-refractivity contribution is 6.31. The Hall–Kier alpha value is -2.73. The van der Waals surface area contributed by atoms with Crippen LogP contribution in [0.15, 0.2) is 48.7 Å². The van der Waals surface area contributed by atoms with E-state index in [1.807, 2.05) is 12.1 Å². The van der Waals surface area contributed by atoms with E-state index >= 15 is 0 Å². The number of nitrogens with one attached hydrogen (secondary N) is 1. The van der Waals surface area contributed by atoms with E-state index in [2.05, 4.69) is 10.4 Å². The number of hydrogen-bond donors (Lipinski definition) is 1. The molecule has 0 aliphatic rings. The van der Waals surface area contributed by atoms with Gasteiger partial charge in [0.05, 0.1) is 11.6 Å². The molecule has 7 heteroatoms. The molecule has 0 aliphatic heterocycles. The predicted molar refractivity (Wildman–Crippen MR) is 95.9 cm³/mol. The van der Waals surface area contributed by atoms with Gasteiger partial charge in [-0.1, -0.05) is 29.8 Å². The highest BCUT2D eigenvalue weighted by atomic mass is 35.5. The largest absolute Gasteiger partial charge is 0.345 e. The van der Waals surface area contributed by atoms with Crippen LogP contribution in [0.3, 0.4) is 0 Å². The molecule has 3 aromatic rings. The Balaban J connectivity index is 1.92. The third-order valence-electron chi connectivity index (χ3n) is 3.98. The van der Waals surface area contributed by atoms with Crippen molar-refractivity contribution >= 4 is 17.5 Å². The van der Waals surface area contributed by atoms with Gasteiger partial charge in [-0.3, -0.25) is 9.48 Å². The van der Waals surface area contributed by atoms with Crippen molar-refractivity contribution in [2.24, 2.45) is 7.05 Å². The topological polar surface area (TPSA) is 46.9 Å². The molecule has 1 heterocycles. The monoisotopic (exact) mass is 375 g/mol. The first-order valence-corrected chi connectivity index (χ1v) is 8.29. The van der Waals surface area contributed by atoms with E-state index in [0.717, 1.165) is 17.7 Å². The number of rotatable bonds is 4. The van der Waals surface area contributed by atoms with E-state index in [1.54, 1.807) is 26.1 Å². The molecule has 0 bridgehead atoms. The zero-order valence-electron chi connectivity index (χ0n) is 14.1. The van der Waals surface area contributed by atoms with Gasteiger partial charge in [-0.05, 0) is 30.7 Å². The van der Waals surface area contributed by atoms with Gasteiger partial charge >= 0.3 is 0 Å². The molecule has 1 aromatic heterocycles. The number of amides is 1. The summed E-state index contributed by atoms with van der Waals surface area (Å²) in [6, 6.07) is 9.98. The molecule has 1 amide bonds. The smallest absolute Gasteiger partial charge is 0.255 e. The number of halogens is 3. The molecule has 3 rings (SSSR count). The Bertz CT molecular complexity index is 971. The van der Waals surface area contributed by atoms with Crippen LogP contribution in [-0.4, -0.2) is 15.7 Å². The fraction of sp³-hybridized carbons (Fsp3) is 0.158. The Morgan fingerprint density at radius 1 is 1.23 bits per heavy atom. The van der Waals surface area contributed by atoms with Gasteiger partial charge in [0, 0.05) is 29.9 Å². The summed E-state index contributed by atoms with van der Waals surface area (Å²) in [7, 11) is 1.62. The third kappa shape index (κ3) is 3.60. The van der Waals surface area contributed by atoms with Gasteiger partial charge < -0.3 is 5.32 Å². The molecule has 4 nitrogen and oxygen atoms in total. The first-order valence-electron chi connectivity index (χ1n) is 7.91. The van der Waals surface area contributed by atoms with Crippen molar-refractivity contribution in [1.29, 1.82) is 0 Å². The van der Waals surface area contributed by atoms with Crippen molar-refractivity contribution in [3.05, 3.63) is 76.4 Å². The quantitative estimate of drug-likeness (QED) is 0.729. The van der Waals surface area contributed by atoms with Crippen LogP contribution in [0.2, 0.25) is 5.02 Å². The fourth-order valence-corrected chi connectivity index (χ4v) is 3.01. The molecule has 0 aliphatic carbocycles. The summed E-state index contributed by atoms with van der Waals surface area (Å²) in [4.78, 5) is 12.7. The zero-order valence-corrected chi connectivity index (χ0v) is 14.9. The summed E-state index contributed by atoms with van der Waals surface area (Å²) in [6.45, 7) is 1.80. The van der Waals surface area contributed by atoms with Crippen LogP contribution in [0.5, 0.6) is 0 Å². The van der Waals surface area contributed by atoms with Crippen LogP contribution in [0.4, 0.5) is 8.78 Å². The molecule has 0 spiro atoms. The minimum absolute atomic E-state index is 0.0579. The third-order valence-corrected chi connectivity index (χ3v) is 4.32. The van der Waals surface area contributed by atoms with Crippen LogP contribution in [0.1, 0.15) is 28.9 Å². The molecule has 26 heavy (non-hydrogen) atoms. The van der Waals surface area contributed by atoms with E-state index in [4.69, 9.17) is 11.6 Å². The van der Waals surface area contributed by atoms with Crippen LogP contribution < -0.4 is 5.32 Å². The van der Waals surface area contributed by atoms with Crippen LogP contribution >= 0.6 is 11.6 Å². The normalized spacial score (nSPS) is 12.0. The van der Waals surface area contributed by atoms with Crippen molar-refractivity contribution in [3.8, 4) is 11.3 Å². The second kappa shape index (κ2) is 7.25. The number of aromatic nitrogens is 2. The fourth-order valence-electron chi connectivity index (χ4n) is 2.71. The maximum atomic E-state index is 14.1. The number of benzene rings is 2. The summed E-state index contributed by atoms with van der Waals surface area (Å²) < 4.78 is 28.7. The highest BCUT2D eigenvalue weighted by Gasteiger charge is 2.22. The molecule has 2 aromatic carbocycles. The number of aryl methyl sites for hydroxylation is 1. The molecule has 0 radical (unpaired) electrons. The zero-order chi connectivity index (χ0) is 18.8. The summed E-state index contributed by atoms with van der Waals surface area (Å²) in [5.74, 6) is -1.90. The van der Waals surface area contributed by atoms with Crippen molar-refractivity contribution in [2.45, 2.75) is 13.0 Å². The standard InChI is InChI=1S/C19H16ClF2N3O/c1-11(13-5-3-4-6-16(13)20)23-19(26)15-10-25(2)24-18(15)14-8-7-12(21)9-17(14)22/h3-11H,1-2H3,(H,23,26). The van der Waals surface area contributed by atoms with Crippen LogP contribution in [0, 0.1) is 11.6 Å². The minimum atomic E-state index is -0.781. The molecular weight excluding hydrogens is 360 g/mol. The Morgan fingerprint density at radius 2 is 1.96 bits per heavy atom. The van der Waals surface area contributed by atoms with Crippen molar-refractivity contribution in [3.63, 3.8) is 0 Å². The predicted octanol–water partition coefficient (Wildman–Crippen LogP) is 4.51. The molecule has 0 fully saturated rings. The lowest BCUT2D eigenvalue weighted by Crippen LogP contribution is -2.27. The SMILES string of the molecule is CC(NC(=O)c1cn(C)nc1-c1ccc(F)cc1F)c1ccccc1Cl. The summed E-state index contributed by atoms with van der Waals surface area (Å²) in [6.07, 6.45) is 1.49. The van der Waals surface area contributed by atoms with E-state index < -0.39 is 17.5 Å². The molecular formula is C19H16ClF2N3O. The van der Waals surface area contributed by atoms with Gasteiger partial charge in [0.1, 0.15) is 17.3 Å². The van der Waals surface area contributed by atoms with Gasteiger partial charge in [-0.2, -0.15) is 5.10 Å². The second-order valence-corrected chi connectivity index (χ2v) is 6.31. The first kappa shape index (κ1) is 18.1. The average molecular weight is 376 g/mol. The van der Waals surface area contributed by atoms with Crippen LogP contribution in [-0.2, 0) is 7.05 Å². The second-order valence-electron chi connectivity index (χ2n) is 5.91. The Kier molecular flexibility index (Phi) is 5.04. The number of carbonyl (C=O) groups excluding carboxylic acids is 1. The molecule has 1 N–H and O–H groups in total. The van der Waals surface area contributed by atoms with Crippen molar-refractivity contribution in [1.82, 2.24) is 15.1 Å². The summed E-state index contributed by atoms with van der Waals surface area (Å²) >= 11 is 6.16. The van der Waals surface area contributed by atoms with Crippen molar-refractivity contribution < 1.29 is 13.6 Å². The minimum Gasteiger partial charge on any atom is -0.345 e. The molecule has 1 unspecified atom stereocenters. The van der Waals surface area contributed by atoms with E-state index in [0.29, 0.717) is 5.02 Å². The lowest BCUT2D eigenvalue weighted by Gasteiger charge is -2.15. The maximum absolute atomic E-state index is 14.1. The molecule has 0 saturated heterocycles. The Labute approximate surface area is 154 Å². The van der Waals surface area contributed by atoms with Gasteiger partial charge in [-0.15, -0.1) is 0 Å². The lowest BCUT2D eigenvalue weighted by atomic mass is 10.1. The van der Waals surface area contributed by atoms with E-state index in [1.165, 1.54) is 16.9 Å². The maximum Gasteiger partial charge on any atom is 0.255 e. The van der Waals surface area contributed by atoms with Gasteiger partial charge in [0.25, 0.3) is 5.91 Å². The summed E-state index contributed by atoms with van der Waals surface area (Å²) in [5, 5.41) is 7.53. The highest BCUT2D eigenvalue weighted by Crippen LogP contribution is 2.27. The first-order chi connectivity index (χ1) is 12.4. The van der Waals surface area contributed by atoms with Crippen LogP contribution in [0.25, 0.3) is 11.3 Å². The molecule has 134 valence electrons. The van der Waals surface area contributed by atoms with E-state index in [-0.39, 0.29) is 22.9 Å². The van der Waals surface area contributed by atoms with E-state index in [9.17, 15) is 13.6 Å². The average Bonchev–Trinajstić information content (AvgIpc) is 2.96. The van der Waals surface area contributed by atoms with Gasteiger partial charge in [0.2, 0.25) is 0 Å². The molecule has 0 saturated carbocycles. The molecule has 1 atom stereocenters.